The Kier molecular flexibility index (Phi) is 4.18. The maximum atomic E-state index is 11.4. The molecule has 0 spiro atoms. The van der Waals surface area contributed by atoms with Crippen LogP contribution < -0.4 is 16.0 Å². The van der Waals surface area contributed by atoms with Crippen molar-refractivity contribution in [1.82, 2.24) is 10.4 Å². The molecule has 0 fully saturated rings. The number of aromatic nitrogens is 1. The summed E-state index contributed by atoms with van der Waals surface area (Å²) in [6.07, 6.45) is 3.25. The van der Waals surface area contributed by atoms with E-state index >= 15 is 0 Å². The third-order valence-corrected chi connectivity index (χ3v) is 2.80. The predicted octanol–water partition coefficient (Wildman–Crippen LogP) is 1.93. The number of ether oxygens (including phenoxy) is 1. The lowest BCUT2D eigenvalue weighted by molar-refractivity contribution is 0.0921. The summed E-state index contributed by atoms with van der Waals surface area (Å²) >= 11 is 3.30. The molecular weight excluding hydrogens is 314 g/mol. The molecule has 0 aliphatic carbocycles. The zero-order valence-corrected chi connectivity index (χ0v) is 11.7. The topological polar surface area (TPSA) is 90.4 Å². The number of aryl methyl sites for hydroxylation is 1. The van der Waals surface area contributed by atoms with Crippen LogP contribution in [0.15, 0.2) is 33.4 Å². The number of amides is 1. The average molecular weight is 326 g/mol. The van der Waals surface area contributed by atoms with Gasteiger partial charge < -0.3 is 9.15 Å². The number of hydrogen-bond donors (Lipinski definition) is 2. The summed E-state index contributed by atoms with van der Waals surface area (Å²) in [6.45, 7) is 1.97. The lowest BCUT2D eigenvalue weighted by Gasteiger charge is -2.03. The highest BCUT2D eigenvalue weighted by Crippen LogP contribution is 2.19. The SMILES string of the molecule is Cc1cc(COc2cncc(Br)c2)oc1C(=O)NN. The first-order chi connectivity index (χ1) is 9.10. The van der Waals surface area contributed by atoms with E-state index in [4.69, 9.17) is 15.0 Å². The standard InChI is InChI=1S/C12H12BrN3O3/c1-7-2-10(19-11(7)12(17)16-14)6-18-9-3-8(13)4-15-5-9/h2-5H,6,14H2,1H3,(H,16,17). The minimum Gasteiger partial charge on any atom is -0.484 e. The summed E-state index contributed by atoms with van der Waals surface area (Å²) in [5.41, 5.74) is 2.73. The van der Waals surface area contributed by atoms with Gasteiger partial charge in [0.15, 0.2) is 5.76 Å². The third-order valence-electron chi connectivity index (χ3n) is 2.37. The molecule has 2 aromatic heterocycles. The molecule has 100 valence electrons. The number of nitrogens with one attached hydrogen (secondary N) is 1. The quantitative estimate of drug-likeness (QED) is 0.509. The summed E-state index contributed by atoms with van der Waals surface area (Å²) in [5.74, 6) is 5.93. The number of halogens is 1. The van der Waals surface area contributed by atoms with E-state index in [0.717, 1.165) is 4.47 Å². The van der Waals surface area contributed by atoms with Crippen molar-refractivity contribution in [1.29, 1.82) is 0 Å². The number of carbonyl (C=O) groups is 1. The lowest BCUT2D eigenvalue weighted by atomic mass is 10.2. The van der Waals surface area contributed by atoms with Crippen molar-refractivity contribution < 1.29 is 13.9 Å². The summed E-state index contributed by atoms with van der Waals surface area (Å²) in [6, 6.07) is 3.52. The molecule has 0 aliphatic rings. The fraction of sp³-hybridized carbons (Fsp3) is 0.167. The van der Waals surface area contributed by atoms with Crippen LogP contribution in [-0.2, 0) is 6.61 Å². The van der Waals surface area contributed by atoms with Gasteiger partial charge in [-0.15, -0.1) is 0 Å². The number of carbonyl (C=O) groups excluding carboxylic acids is 1. The van der Waals surface area contributed by atoms with Gasteiger partial charge in [-0.2, -0.15) is 0 Å². The Bertz CT molecular complexity index is 598. The smallest absolute Gasteiger partial charge is 0.301 e. The molecular formula is C12H12BrN3O3. The molecule has 0 aromatic carbocycles. The second-order valence-corrected chi connectivity index (χ2v) is 4.74. The summed E-state index contributed by atoms with van der Waals surface area (Å²) in [5, 5.41) is 0. The number of furan rings is 1. The second-order valence-electron chi connectivity index (χ2n) is 3.83. The molecule has 0 bridgehead atoms. The van der Waals surface area contributed by atoms with Gasteiger partial charge in [-0.3, -0.25) is 15.2 Å². The third kappa shape index (κ3) is 3.33. The normalized spacial score (nSPS) is 10.3. The number of rotatable bonds is 4. The van der Waals surface area contributed by atoms with E-state index in [2.05, 4.69) is 20.9 Å². The van der Waals surface area contributed by atoms with Crippen LogP contribution in [0.3, 0.4) is 0 Å². The van der Waals surface area contributed by atoms with Crippen molar-refractivity contribution >= 4 is 21.8 Å². The zero-order valence-electron chi connectivity index (χ0n) is 10.1. The van der Waals surface area contributed by atoms with Gasteiger partial charge in [0.25, 0.3) is 0 Å². The van der Waals surface area contributed by atoms with E-state index < -0.39 is 5.91 Å². The van der Waals surface area contributed by atoms with Crippen LogP contribution in [0.4, 0.5) is 0 Å². The number of nitrogens with zero attached hydrogens (tertiary/aromatic N) is 1. The molecule has 1 amide bonds. The second kappa shape index (κ2) is 5.85. The van der Waals surface area contributed by atoms with Crippen LogP contribution >= 0.6 is 15.9 Å². The Hall–Kier alpha value is -1.86. The van der Waals surface area contributed by atoms with Gasteiger partial charge >= 0.3 is 5.91 Å². The molecule has 0 radical (unpaired) electrons. The van der Waals surface area contributed by atoms with Crippen molar-refractivity contribution in [2.45, 2.75) is 13.5 Å². The van der Waals surface area contributed by atoms with Crippen LogP contribution in [0, 0.1) is 6.92 Å². The molecule has 0 atom stereocenters. The summed E-state index contributed by atoms with van der Waals surface area (Å²) < 4.78 is 11.7. The van der Waals surface area contributed by atoms with Gasteiger partial charge in [0, 0.05) is 16.2 Å². The predicted molar refractivity (Wildman–Crippen MR) is 71.4 cm³/mol. The van der Waals surface area contributed by atoms with Crippen molar-refractivity contribution in [3.8, 4) is 5.75 Å². The van der Waals surface area contributed by atoms with Gasteiger partial charge in [-0.05, 0) is 35.0 Å². The molecule has 7 heteroatoms. The molecule has 0 unspecified atom stereocenters. The van der Waals surface area contributed by atoms with E-state index in [1.54, 1.807) is 31.5 Å². The molecule has 2 heterocycles. The van der Waals surface area contributed by atoms with Gasteiger partial charge in [-0.1, -0.05) is 0 Å². The molecule has 0 saturated heterocycles. The number of nitrogens with two attached hydrogens (primary N) is 1. The zero-order chi connectivity index (χ0) is 13.8. The lowest BCUT2D eigenvalue weighted by Crippen LogP contribution is -2.30. The first-order valence-corrected chi connectivity index (χ1v) is 6.23. The molecule has 6 nitrogen and oxygen atoms in total. The van der Waals surface area contributed by atoms with Gasteiger partial charge in [0.05, 0.1) is 6.20 Å². The van der Waals surface area contributed by atoms with Crippen molar-refractivity contribution in [3.05, 3.63) is 46.1 Å². The Balaban J connectivity index is 2.06. The van der Waals surface area contributed by atoms with Crippen molar-refractivity contribution in [2.75, 3.05) is 0 Å². The minimum absolute atomic E-state index is 0.188. The average Bonchev–Trinajstić information content (AvgIpc) is 2.77. The summed E-state index contributed by atoms with van der Waals surface area (Å²) in [4.78, 5) is 15.4. The van der Waals surface area contributed by atoms with Gasteiger partial charge in [0.2, 0.25) is 0 Å². The maximum absolute atomic E-state index is 11.4. The van der Waals surface area contributed by atoms with Crippen LogP contribution in [0.5, 0.6) is 5.75 Å². The van der Waals surface area contributed by atoms with E-state index in [9.17, 15) is 4.79 Å². The Morgan fingerprint density at radius 3 is 3.00 bits per heavy atom. The molecule has 0 saturated carbocycles. The van der Waals surface area contributed by atoms with Crippen LogP contribution in [0.25, 0.3) is 0 Å². The minimum atomic E-state index is -0.465. The molecule has 3 N–H and O–H groups in total. The Morgan fingerprint density at radius 1 is 1.53 bits per heavy atom. The van der Waals surface area contributed by atoms with Gasteiger partial charge in [-0.25, -0.2) is 5.84 Å². The van der Waals surface area contributed by atoms with Crippen LogP contribution in [0.1, 0.15) is 21.9 Å². The van der Waals surface area contributed by atoms with Gasteiger partial charge in [0.1, 0.15) is 18.1 Å². The first kappa shape index (κ1) is 13.6. The van der Waals surface area contributed by atoms with Crippen molar-refractivity contribution in [2.24, 2.45) is 5.84 Å². The molecule has 19 heavy (non-hydrogen) atoms. The summed E-state index contributed by atoms with van der Waals surface area (Å²) in [7, 11) is 0. The largest absolute Gasteiger partial charge is 0.484 e. The molecule has 0 aliphatic heterocycles. The fourth-order valence-corrected chi connectivity index (χ4v) is 1.88. The van der Waals surface area contributed by atoms with Crippen LogP contribution in [0.2, 0.25) is 0 Å². The van der Waals surface area contributed by atoms with E-state index in [-0.39, 0.29) is 12.4 Å². The van der Waals surface area contributed by atoms with E-state index in [1.165, 1.54) is 0 Å². The van der Waals surface area contributed by atoms with Crippen molar-refractivity contribution in [3.63, 3.8) is 0 Å². The number of pyridine rings is 1. The highest BCUT2D eigenvalue weighted by Gasteiger charge is 2.14. The first-order valence-electron chi connectivity index (χ1n) is 5.43. The maximum Gasteiger partial charge on any atom is 0.301 e. The highest BCUT2D eigenvalue weighted by molar-refractivity contribution is 9.10. The Morgan fingerprint density at radius 2 is 2.32 bits per heavy atom. The number of hydrazine groups is 1. The highest BCUT2D eigenvalue weighted by atomic mass is 79.9. The van der Waals surface area contributed by atoms with Crippen LogP contribution in [-0.4, -0.2) is 10.9 Å². The number of hydrogen-bond acceptors (Lipinski definition) is 5. The fourth-order valence-electron chi connectivity index (χ4n) is 1.54. The number of nitrogen functional groups attached to an aromatic ring is 1. The molecule has 2 rings (SSSR count). The Labute approximate surface area is 118 Å². The monoisotopic (exact) mass is 325 g/mol. The van der Waals surface area contributed by atoms with E-state index in [0.29, 0.717) is 17.1 Å². The van der Waals surface area contributed by atoms with E-state index in [1.807, 2.05) is 5.43 Å². The molecule has 2 aromatic rings.